The minimum atomic E-state index is 0. The Morgan fingerprint density at radius 3 is 0.400 bits per heavy atom. The summed E-state index contributed by atoms with van der Waals surface area (Å²) in [6, 6.07) is 0. The van der Waals surface area contributed by atoms with E-state index in [2.05, 4.69) is 0 Å². The van der Waals surface area contributed by atoms with Gasteiger partial charge in [0, 0.05) is 31.7 Å². The molecule has 0 atom stereocenters. The van der Waals surface area contributed by atoms with Crippen molar-refractivity contribution < 1.29 is 21.1 Å². The summed E-state index contributed by atoms with van der Waals surface area (Å²) in [5.41, 5.74) is 4.50. The molecule has 0 amide bonds. The third-order valence-electron chi connectivity index (χ3n) is 0.224. The van der Waals surface area contributed by atoms with Crippen LogP contribution in [0.15, 0.2) is 31.7 Å². The van der Waals surface area contributed by atoms with Crippen LogP contribution in [0.3, 0.4) is 0 Å². The standard InChI is InChI=1S/Mo.6HN2O2/c;6*3-1-2-4/h;6*(H-,1,2,3,4)/q+6;6*-1. The molecule has 0 fully saturated rings. The molecule has 0 rings (SSSR count). The Bertz CT molecular complexity index is 176. The number of nitrogens with zero attached hydrogens (tertiary/aromatic N) is 6. The summed E-state index contributed by atoms with van der Waals surface area (Å²) < 4.78 is 0. The molecule has 0 aliphatic rings. The zero-order chi connectivity index (χ0) is 20.5. The van der Waals surface area contributed by atoms with E-state index < -0.39 is 0 Å². The van der Waals surface area contributed by atoms with Crippen LogP contribution >= 0.6 is 0 Å². The van der Waals surface area contributed by atoms with Crippen molar-refractivity contribution in [2.45, 2.75) is 0 Å². The zero-order valence-electron chi connectivity index (χ0n) is 11.0. The zero-order valence-corrected chi connectivity index (χ0v) is 13.0. The summed E-state index contributed by atoms with van der Waals surface area (Å²) in [4.78, 5) is 51.0. The van der Waals surface area contributed by atoms with E-state index in [0.29, 0.717) is 0 Å². The molecule has 0 aliphatic heterocycles. The van der Waals surface area contributed by atoms with Gasteiger partial charge in [0.25, 0.3) is 0 Å². The van der Waals surface area contributed by atoms with Gasteiger partial charge in [-0.25, -0.2) is 0 Å². The van der Waals surface area contributed by atoms with Crippen molar-refractivity contribution in [3.8, 4) is 0 Å². The van der Waals surface area contributed by atoms with Gasteiger partial charge >= 0.3 is 21.1 Å². The minimum Gasteiger partial charge on any atom is -0.742 e. The molecule has 0 bridgehead atoms. The molecule has 0 unspecified atom stereocenters. The van der Waals surface area contributed by atoms with E-state index in [9.17, 15) is 0 Å². The van der Waals surface area contributed by atoms with E-state index in [1.165, 1.54) is 0 Å². The number of nitrogens with one attached hydrogen (secondary N) is 6. The Kier molecular flexibility index (Phi) is 181. The average Bonchev–Trinajstić information content (AvgIpc) is 2.68. The Labute approximate surface area is 148 Å². The number of rotatable bonds is 6. The van der Waals surface area contributed by atoms with Crippen LogP contribution in [0.1, 0.15) is 0 Å². The van der Waals surface area contributed by atoms with Crippen LogP contribution < -0.4 is 33.5 Å². The third-order valence-corrected chi connectivity index (χ3v) is 0.224. The molecule has 6 N–H and O–H groups in total. The second-order valence-electron chi connectivity index (χ2n) is 1.10. The van der Waals surface area contributed by atoms with E-state index in [1.54, 1.807) is 31.7 Å². The molecule has 0 radical (unpaired) electrons. The SMILES string of the molecule is O=NN[O-].O=NN[O-].O=NN[O-].O=NN[O-].O=NN[O-].O=NN[O-].[Mo+6]. The maximum Gasteiger partial charge on any atom is 6.00 e. The predicted octanol–water partition coefficient (Wildman–Crippen LogP) is -1.47. The Morgan fingerprint density at radius 1 is 0.360 bits per heavy atom. The number of nitroso groups, excluding NO2 is 6. The second kappa shape index (κ2) is 105. The maximum atomic E-state index is 8.57. The molecule has 0 aliphatic carbocycles. The van der Waals surface area contributed by atoms with Crippen molar-refractivity contribution in [3.63, 3.8) is 0 Å². The quantitative estimate of drug-likeness (QED) is 0.149. The predicted molar refractivity (Wildman–Crippen MR) is 73.8 cm³/mol. The van der Waals surface area contributed by atoms with Crippen LogP contribution in [0, 0.1) is 60.7 Å². The molecular formula is H6MoN12O12. The monoisotopic (exact) mass is 464 g/mol. The largest absolute Gasteiger partial charge is 6.00 e. The summed E-state index contributed by atoms with van der Waals surface area (Å²) in [6.07, 6.45) is 0. The number of hydrogen-bond acceptors (Lipinski definition) is 18. The summed E-state index contributed by atoms with van der Waals surface area (Å²) >= 11 is 0. The maximum absolute atomic E-state index is 8.57. The summed E-state index contributed by atoms with van der Waals surface area (Å²) in [6.45, 7) is 0. The molecule has 24 nitrogen and oxygen atoms in total. The fraction of sp³-hybridized carbons (Fsp3) is 0. The Hall–Kier alpha value is -3.15. The van der Waals surface area contributed by atoms with Crippen molar-refractivity contribution in [3.05, 3.63) is 60.7 Å². The smallest absolute Gasteiger partial charge is 0.742 e. The van der Waals surface area contributed by atoms with Gasteiger partial charge in [-0.1, -0.05) is 0 Å². The van der Waals surface area contributed by atoms with Crippen molar-refractivity contribution in [2.75, 3.05) is 0 Å². The molecule has 0 aromatic heterocycles. The van der Waals surface area contributed by atoms with Gasteiger partial charge in [-0.2, -0.15) is 0 Å². The topological polar surface area (TPSA) is 387 Å². The second-order valence-corrected chi connectivity index (χ2v) is 1.10. The van der Waals surface area contributed by atoms with Gasteiger partial charge in [0.1, 0.15) is 0 Å². The van der Waals surface area contributed by atoms with Crippen molar-refractivity contribution in [1.82, 2.24) is 33.5 Å². The van der Waals surface area contributed by atoms with E-state index in [0.717, 1.165) is 33.5 Å². The summed E-state index contributed by atoms with van der Waals surface area (Å²) in [5, 5.41) is 61.5. The first kappa shape index (κ1) is 43.1. The Balaban J connectivity index is -0.0000000309. The number of hydrogen-bond donors (Lipinski definition) is 6. The van der Waals surface area contributed by atoms with Crippen LogP contribution in [0.2, 0.25) is 0 Å². The van der Waals surface area contributed by atoms with E-state index in [1.807, 2.05) is 0 Å². The van der Waals surface area contributed by atoms with Crippen LogP contribution in [0.25, 0.3) is 0 Å². The normalized spacial score (nSPS) is 5.04. The summed E-state index contributed by atoms with van der Waals surface area (Å²) in [5.74, 6) is 0. The van der Waals surface area contributed by atoms with Gasteiger partial charge in [0.2, 0.25) is 0 Å². The molecule has 0 spiro atoms. The van der Waals surface area contributed by atoms with Crippen molar-refractivity contribution in [2.24, 2.45) is 31.7 Å². The van der Waals surface area contributed by atoms with E-state index in [-0.39, 0.29) is 21.1 Å². The molecule has 0 heterocycles. The molecule has 0 saturated heterocycles. The van der Waals surface area contributed by atoms with Gasteiger partial charge in [-0.05, 0) is 0 Å². The van der Waals surface area contributed by atoms with Crippen LogP contribution in [-0.2, 0) is 21.1 Å². The van der Waals surface area contributed by atoms with Crippen LogP contribution in [0.4, 0.5) is 0 Å². The van der Waals surface area contributed by atoms with E-state index >= 15 is 0 Å². The van der Waals surface area contributed by atoms with Crippen LogP contribution in [-0.4, -0.2) is 0 Å². The van der Waals surface area contributed by atoms with Gasteiger partial charge in [0.05, 0.1) is 0 Å². The fourth-order valence-electron chi connectivity index (χ4n) is 0. The molecule has 25 heteroatoms. The first-order chi connectivity index (χ1) is 11.5. The molecular weight excluding hydrogens is 456 g/mol. The van der Waals surface area contributed by atoms with Crippen molar-refractivity contribution in [1.29, 1.82) is 0 Å². The molecule has 144 valence electrons. The van der Waals surface area contributed by atoms with Gasteiger partial charge in [-0.15, -0.1) is 29.4 Å². The van der Waals surface area contributed by atoms with Gasteiger partial charge < -0.3 is 64.8 Å². The third kappa shape index (κ3) is 913. The molecule has 25 heavy (non-hydrogen) atoms. The minimum absolute atomic E-state index is 0. The van der Waals surface area contributed by atoms with Gasteiger partial charge in [-0.3, -0.25) is 0 Å². The van der Waals surface area contributed by atoms with E-state index in [4.69, 9.17) is 60.7 Å². The summed E-state index contributed by atoms with van der Waals surface area (Å²) in [7, 11) is 0. The molecule has 0 saturated carbocycles. The fourth-order valence-corrected chi connectivity index (χ4v) is 0. The van der Waals surface area contributed by atoms with Gasteiger partial charge in [0.15, 0.2) is 0 Å². The average molecular weight is 462 g/mol. The first-order valence-electron chi connectivity index (χ1n) is 3.66. The molecule has 0 aromatic carbocycles. The molecule has 0 aromatic rings. The Morgan fingerprint density at radius 2 is 0.400 bits per heavy atom. The first-order valence-corrected chi connectivity index (χ1v) is 3.66. The van der Waals surface area contributed by atoms with Crippen LogP contribution in [0.5, 0.6) is 0 Å². The van der Waals surface area contributed by atoms with Crippen molar-refractivity contribution >= 4 is 0 Å².